The van der Waals surface area contributed by atoms with Crippen LogP contribution in [0.5, 0.6) is 0 Å². The summed E-state index contributed by atoms with van der Waals surface area (Å²) in [7, 11) is -3.60. The van der Waals surface area contributed by atoms with Crippen molar-refractivity contribution in [2.75, 3.05) is 13.1 Å². The van der Waals surface area contributed by atoms with Crippen LogP contribution in [0.1, 0.15) is 25.5 Å². The Morgan fingerprint density at radius 1 is 1.19 bits per heavy atom. The molecule has 1 fully saturated rings. The summed E-state index contributed by atoms with van der Waals surface area (Å²) in [5.74, 6) is -0.712. The molecule has 1 N–H and O–H groups in total. The number of carbonyl (C=O) groups excluding carboxylic acids is 1. The standard InChI is InChI=1S/C19H22N4O3S/c1-15(18-11-5-6-12-20-18)21-22-19(24)16-8-7-13-23(14-16)27(25,26)17-9-3-2-4-10-17/h2-6,9-12,16H,7-8,13-14H2,1H3,(H,22,24)/b21-15-. The Balaban J connectivity index is 1.66. The average Bonchev–Trinajstić information content (AvgIpc) is 2.73. The number of nitrogens with one attached hydrogen (secondary N) is 1. The fraction of sp³-hybridized carbons (Fsp3) is 0.316. The highest BCUT2D eigenvalue weighted by atomic mass is 32.2. The van der Waals surface area contributed by atoms with Crippen LogP contribution in [-0.4, -0.2) is 42.4 Å². The zero-order chi connectivity index (χ0) is 19.3. The predicted molar refractivity (Wildman–Crippen MR) is 103 cm³/mol. The van der Waals surface area contributed by atoms with Gasteiger partial charge in [0.25, 0.3) is 0 Å². The maximum atomic E-state index is 12.8. The van der Waals surface area contributed by atoms with Gasteiger partial charge in [0.15, 0.2) is 0 Å². The number of hydrogen-bond acceptors (Lipinski definition) is 5. The van der Waals surface area contributed by atoms with Crippen molar-refractivity contribution in [3.05, 3.63) is 60.4 Å². The van der Waals surface area contributed by atoms with E-state index < -0.39 is 15.9 Å². The van der Waals surface area contributed by atoms with Crippen LogP contribution in [0.4, 0.5) is 0 Å². The first-order valence-corrected chi connectivity index (χ1v) is 10.2. The van der Waals surface area contributed by atoms with Crippen LogP contribution < -0.4 is 5.43 Å². The molecular formula is C19H22N4O3S. The van der Waals surface area contributed by atoms with Crippen molar-refractivity contribution < 1.29 is 13.2 Å². The van der Waals surface area contributed by atoms with Gasteiger partial charge in [-0.1, -0.05) is 24.3 Å². The van der Waals surface area contributed by atoms with Crippen molar-refractivity contribution in [2.45, 2.75) is 24.7 Å². The number of rotatable bonds is 5. The van der Waals surface area contributed by atoms with Gasteiger partial charge in [-0.05, 0) is 44.0 Å². The number of pyridine rings is 1. The van der Waals surface area contributed by atoms with E-state index in [0.29, 0.717) is 30.8 Å². The molecule has 2 aromatic rings. The molecule has 1 aliphatic heterocycles. The third kappa shape index (κ3) is 4.58. The number of piperidine rings is 1. The summed E-state index contributed by atoms with van der Waals surface area (Å²) < 4.78 is 26.9. The highest BCUT2D eigenvalue weighted by molar-refractivity contribution is 7.89. The van der Waals surface area contributed by atoms with Gasteiger partial charge < -0.3 is 0 Å². The molecular weight excluding hydrogens is 364 g/mol. The fourth-order valence-corrected chi connectivity index (χ4v) is 4.53. The van der Waals surface area contributed by atoms with Crippen molar-refractivity contribution in [1.82, 2.24) is 14.7 Å². The maximum Gasteiger partial charge on any atom is 0.244 e. The monoisotopic (exact) mass is 386 g/mol. The van der Waals surface area contributed by atoms with Crippen LogP contribution in [0.25, 0.3) is 0 Å². The highest BCUT2D eigenvalue weighted by Gasteiger charge is 2.33. The zero-order valence-corrected chi connectivity index (χ0v) is 15.9. The second kappa shape index (κ2) is 8.41. The largest absolute Gasteiger partial charge is 0.273 e. The summed E-state index contributed by atoms with van der Waals surface area (Å²) in [6.45, 7) is 2.33. The summed E-state index contributed by atoms with van der Waals surface area (Å²) in [5.41, 5.74) is 3.82. The number of carbonyl (C=O) groups is 1. The van der Waals surface area contributed by atoms with Gasteiger partial charge in [-0.2, -0.15) is 9.41 Å². The van der Waals surface area contributed by atoms with Crippen LogP contribution >= 0.6 is 0 Å². The van der Waals surface area contributed by atoms with Gasteiger partial charge in [0, 0.05) is 19.3 Å². The van der Waals surface area contributed by atoms with E-state index in [4.69, 9.17) is 0 Å². The van der Waals surface area contributed by atoms with Crippen LogP contribution in [0.3, 0.4) is 0 Å². The van der Waals surface area contributed by atoms with Crippen molar-refractivity contribution in [1.29, 1.82) is 0 Å². The summed E-state index contributed by atoms with van der Waals surface area (Å²) in [5, 5.41) is 4.10. The summed E-state index contributed by atoms with van der Waals surface area (Å²) in [4.78, 5) is 16.9. The van der Waals surface area contributed by atoms with Crippen LogP contribution in [0.15, 0.2) is 64.7 Å². The lowest BCUT2D eigenvalue weighted by atomic mass is 9.99. The second-order valence-corrected chi connectivity index (χ2v) is 8.34. The molecule has 142 valence electrons. The molecule has 0 spiro atoms. The molecule has 2 heterocycles. The summed E-state index contributed by atoms with van der Waals surface area (Å²) in [6, 6.07) is 13.7. The minimum absolute atomic E-state index is 0.154. The van der Waals surface area contributed by atoms with Gasteiger partial charge in [0.2, 0.25) is 15.9 Å². The van der Waals surface area contributed by atoms with Gasteiger partial charge >= 0.3 is 0 Å². The molecule has 1 saturated heterocycles. The van der Waals surface area contributed by atoms with Crippen molar-refractivity contribution in [3.8, 4) is 0 Å². The first-order valence-electron chi connectivity index (χ1n) is 8.79. The van der Waals surface area contributed by atoms with Crippen LogP contribution in [0.2, 0.25) is 0 Å². The lowest BCUT2D eigenvalue weighted by molar-refractivity contribution is -0.126. The first-order chi connectivity index (χ1) is 13.0. The van der Waals surface area contributed by atoms with Crippen LogP contribution in [0, 0.1) is 5.92 Å². The van der Waals surface area contributed by atoms with Crippen molar-refractivity contribution in [2.24, 2.45) is 11.0 Å². The number of sulfonamides is 1. The van der Waals surface area contributed by atoms with E-state index >= 15 is 0 Å². The summed E-state index contributed by atoms with van der Waals surface area (Å²) >= 11 is 0. The van der Waals surface area contributed by atoms with E-state index in [2.05, 4.69) is 15.5 Å². The number of benzene rings is 1. The van der Waals surface area contributed by atoms with Gasteiger partial charge in [0.05, 0.1) is 22.2 Å². The third-order valence-electron chi connectivity index (χ3n) is 4.51. The van der Waals surface area contributed by atoms with Crippen LogP contribution in [-0.2, 0) is 14.8 Å². The van der Waals surface area contributed by atoms with Gasteiger partial charge in [-0.25, -0.2) is 13.8 Å². The Morgan fingerprint density at radius 2 is 1.93 bits per heavy atom. The summed E-state index contributed by atoms with van der Waals surface area (Å²) in [6.07, 6.45) is 2.92. The molecule has 1 amide bonds. The van der Waals surface area contributed by atoms with Gasteiger partial charge in [0.1, 0.15) is 0 Å². The molecule has 0 radical (unpaired) electrons. The van der Waals surface area contributed by atoms with E-state index in [1.807, 2.05) is 6.07 Å². The van der Waals surface area contributed by atoms with E-state index in [0.717, 1.165) is 0 Å². The molecule has 1 aromatic heterocycles. The minimum atomic E-state index is -3.60. The minimum Gasteiger partial charge on any atom is -0.273 e. The average molecular weight is 386 g/mol. The highest BCUT2D eigenvalue weighted by Crippen LogP contribution is 2.23. The molecule has 1 aromatic carbocycles. The van der Waals surface area contributed by atoms with E-state index in [1.54, 1.807) is 55.6 Å². The Hall–Kier alpha value is -2.58. The SMILES string of the molecule is C/C(=N/NC(=O)C1CCCN(S(=O)(=O)c2ccccc2)C1)c1ccccn1. The molecule has 8 heteroatoms. The number of aromatic nitrogens is 1. The molecule has 0 saturated carbocycles. The first kappa shape index (κ1) is 19.2. The normalized spacial score (nSPS) is 18.9. The molecule has 1 atom stereocenters. The molecule has 7 nitrogen and oxygen atoms in total. The number of hydrazone groups is 1. The van der Waals surface area contributed by atoms with E-state index in [9.17, 15) is 13.2 Å². The molecule has 0 aliphatic carbocycles. The van der Waals surface area contributed by atoms with E-state index in [1.165, 1.54) is 4.31 Å². The third-order valence-corrected chi connectivity index (χ3v) is 6.38. The zero-order valence-electron chi connectivity index (χ0n) is 15.1. The molecule has 0 bridgehead atoms. The van der Waals surface area contributed by atoms with Gasteiger partial charge in [-0.15, -0.1) is 0 Å². The fourth-order valence-electron chi connectivity index (χ4n) is 2.98. The molecule has 27 heavy (non-hydrogen) atoms. The Kier molecular flexibility index (Phi) is 5.98. The molecule has 1 aliphatic rings. The number of nitrogens with zero attached hydrogens (tertiary/aromatic N) is 3. The molecule has 3 rings (SSSR count). The number of hydrogen-bond donors (Lipinski definition) is 1. The van der Waals surface area contributed by atoms with Gasteiger partial charge in [-0.3, -0.25) is 9.78 Å². The predicted octanol–water partition coefficient (Wildman–Crippen LogP) is 2.02. The van der Waals surface area contributed by atoms with Crippen molar-refractivity contribution >= 4 is 21.6 Å². The quantitative estimate of drug-likeness (QED) is 0.629. The Labute approximate surface area is 159 Å². The Bertz CT molecular complexity index is 914. The topological polar surface area (TPSA) is 91.7 Å². The van der Waals surface area contributed by atoms with Crippen molar-refractivity contribution in [3.63, 3.8) is 0 Å². The van der Waals surface area contributed by atoms with E-state index in [-0.39, 0.29) is 17.3 Å². The number of amides is 1. The lowest BCUT2D eigenvalue weighted by Crippen LogP contribution is -2.44. The maximum absolute atomic E-state index is 12.8. The Morgan fingerprint density at radius 3 is 2.63 bits per heavy atom. The lowest BCUT2D eigenvalue weighted by Gasteiger charge is -2.30. The smallest absolute Gasteiger partial charge is 0.244 e. The molecule has 1 unspecified atom stereocenters. The second-order valence-electron chi connectivity index (χ2n) is 6.40.